The minimum Gasteiger partial charge on any atom is -0.477 e. The molecule has 1 aromatic heterocycles. The maximum Gasteiger partial charge on any atom is 0.491 e. The van der Waals surface area contributed by atoms with Crippen molar-refractivity contribution < 1.29 is 32.6 Å². The van der Waals surface area contributed by atoms with E-state index in [1.807, 2.05) is 6.07 Å². The van der Waals surface area contributed by atoms with Gasteiger partial charge in [0.15, 0.2) is 0 Å². The van der Waals surface area contributed by atoms with Gasteiger partial charge in [-0.3, -0.25) is 4.68 Å². The van der Waals surface area contributed by atoms with Crippen LogP contribution in [0.4, 0.5) is 13.2 Å². The number of alkyl halides is 3. The van der Waals surface area contributed by atoms with Crippen molar-refractivity contribution in [2.75, 3.05) is 6.54 Å². The Hall–Kier alpha value is -4.17. The highest BCUT2D eigenvalue weighted by atomic mass is 19.4. The lowest BCUT2D eigenvalue weighted by Crippen LogP contribution is -2.28. The highest BCUT2D eigenvalue weighted by molar-refractivity contribution is 5.92. The first kappa shape index (κ1) is 24.0. The summed E-state index contributed by atoms with van der Waals surface area (Å²) in [6.45, 7) is 0.631. The Morgan fingerprint density at radius 2 is 1.97 bits per heavy atom. The van der Waals surface area contributed by atoms with Crippen LogP contribution in [0.15, 0.2) is 36.4 Å². The quantitative estimate of drug-likeness (QED) is 0.403. The molecule has 0 saturated heterocycles. The van der Waals surface area contributed by atoms with Crippen LogP contribution in [0.1, 0.15) is 33.6 Å². The zero-order valence-electron chi connectivity index (χ0n) is 18.2. The molecule has 3 N–H and O–H groups in total. The Bertz CT molecular complexity index is 1370. The van der Waals surface area contributed by atoms with Crippen molar-refractivity contribution in [3.8, 4) is 34.2 Å². The highest BCUT2D eigenvalue weighted by Gasteiger charge is 2.42. The molecule has 8 nitrogen and oxygen atoms in total. The second-order valence-electron chi connectivity index (χ2n) is 7.93. The van der Waals surface area contributed by atoms with E-state index < -0.39 is 18.1 Å². The van der Waals surface area contributed by atoms with Gasteiger partial charge in [-0.1, -0.05) is 12.1 Å². The number of ether oxygens (including phenoxy) is 1. The number of carboxylic acids is 1. The summed E-state index contributed by atoms with van der Waals surface area (Å²) < 4.78 is 45.0. The average Bonchev–Trinajstić information content (AvgIpc) is 3.20. The van der Waals surface area contributed by atoms with E-state index >= 15 is 0 Å². The first-order valence-corrected chi connectivity index (χ1v) is 10.6. The van der Waals surface area contributed by atoms with Gasteiger partial charge in [-0.05, 0) is 61.2 Å². The molecule has 180 valence electrons. The molecule has 0 unspecified atom stereocenters. The van der Waals surface area contributed by atoms with E-state index in [1.165, 1.54) is 28.9 Å². The summed E-state index contributed by atoms with van der Waals surface area (Å²) in [5.74, 6) is -3.83. The number of halogens is 3. The number of fused-ring (bicyclic) bond motifs is 3. The molecule has 0 bridgehead atoms. The molecule has 2 aromatic carbocycles. The third-order valence-corrected chi connectivity index (χ3v) is 5.67. The summed E-state index contributed by atoms with van der Waals surface area (Å²) in [5.41, 5.74) is 8.34. The second kappa shape index (κ2) is 9.23. The number of carbonyl (C=O) groups is 2. The van der Waals surface area contributed by atoms with Gasteiger partial charge in [0, 0.05) is 23.2 Å². The molecule has 4 rings (SSSR count). The first-order chi connectivity index (χ1) is 16.6. The van der Waals surface area contributed by atoms with Gasteiger partial charge in [-0.2, -0.15) is 23.5 Å². The fraction of sp³-hybridized carbons (Fsp3) is 0.250. The van der Waals surface area contributed by atoms with E-state index in [4.69, 9.17) is 10.5 Å². The molecule has 1 aliphatic carbocycles. The topological polar surface area (TPSA) is 131 Å². The zero-order chi connectivity index (χ0) is 25.3. The number of hydrogen-bond acceptors (Lipinski definition) is 6. The molecule has 0 saturated carbocycles. The molecule has 0 aliphatic heterocycles. The van der Waals surface area contributed by atoms with Crippen LogP contribution in [0.3, 0.4) is 0 Å². The fourth-order valence-electron chi connectivity index (χ4n) is 4.13. The number of aromatic carboxylic acids is 1. The Morgan fingerprint density at radius 1 is 1.20 bits per heavy atom. The summed E-state index contributed by atoms with van der Waals surface area (Å²) in [5, 5.41) is 23.5. The summed E-state index contributed by atoms with van der Waals surface area (Å²) >= 11 is 0. The number of carboxylic acid groups (broad SMARTS) is 1. The molecular weight excluding hydrogens is 465 g/mol. The molecule has 3 aromatic rings. The van der Waals surface area contributed by atoms with Crippen LogP contribution in [0.25, 0.3) is 22.4 Å². The molecule has 11 heteroatoms. The molecule has 0 spiro atoms. The van der Waals surface area contributed by atoms with Gasteiger partial charge in [-0.25, -0.2) is 9.59 Å². The number of hydrogen-bond donors (Lipinski definition) is 2. The van der Waals surface area contributed by atoms with E-state index in [0.29, 0.717) is 60.3 Å². The van der Waals surface area contributed by atoms with E-state index in [-0.39, 0.29) is 22.6 Å². The van der Waals surface area contributed by atoms with E-state index in [1.54, 1.807) is 12.1 Å². The van der Waals surface area contributed by atoms with Crippen molar-refractivity contribution >= 4 is 11.9 Å². The van der Waals surface area contributed by atoms with Crippen molar-refractivity contribution in [2.45, 2.75) is 32.0 Å². The predicted molar refractivity (Wildman–Crippen MR) is 118 cm³/mol. The van der Waals surface area contributed by atoms with Gasteiger partial charge in [0.25, 0.3) is 0 Å². The number of nitriles is 1. The van der Waals surface area contributed by atoms with Crippen LogP contribution in [0.2, 0.25) is 0 Å². The largest absolute Gasteiger partial charge is 0.491 e. The Labute approximate surface area is 197 Å². The molecule has 1 heterocycles. The van der Waals surface area contributed by atoms with Gasteiger partial charge in [-0.15, -0.1) is 0 Å². The van der Waals surface area contributed by atoms with Crippen LogP contribution in [0.5, 0.6) is 5.75 Å². The van der Waals surface area contributed by atoms with E-state index in [0.717, 1.165) is 0 Å². The van der Waals surface area contributed by atoms with Gasteiger partial charge < -0.3 is 15.6 Å². The number of nitrogens with two attached hydrogens (primary N) is 1. The number of aryl methyl sites for hydroxylation is 2. The highest BCUT2D eigenvalue weighted by Crippen LogP contribution is 2.42. The molecule has 0 fully saturated rings. The minimum atomic E-state index is -5.20. The lowest BCUT2D eigenvalue weighted by Gasteiger charge is -2.20. The average molecular weight is 484 g/mol. The number of carbonyl (C=O) groups excluding carboxylic acids is 1. The maximum absolute atomic E-state index is 13.0. The van der Waals surface area contributed by atoms with Crippen molar-refractivity contribution in [1.82, 2.24) is 9.78 Å². The van der Waals surface area contributed by atoms with Crippen molar-refractivity contribution in [3.63, 3.8) is 0 Å². The monoisotopic (exact) mass is 484 g/mol. The summed E-state index contributed by atoms with van der Waals surface area (Å²) in [7, 11) is 0. The smallest absolute Gasteiger partial charge is 0.477 e. The van der Waals surface area contributed by atoms with Crippen LogP contribution in [-0.4, -0.2) is 39.5 Å². The number of benzene rings is 2. The van der Waals surface area contributed by atoms with E-state index in [9.17, 15) is 33.1 Å². The zero-order valence-corrected chi connectivity index (χ0v) is 18.2. The molecular formula is C24H19F3N4O4. The molecule has 35 heavy (non-hydrogen) atoms. The second-order valence-corrected chi connectivity index (χ2v) is 7.93. The summed E-state index contributed by atoms with van der Waals surface area (Å²) in [6, 6.07) is 10.9. The Morgan fingerprint density at radius 3 is 2.63 bits per heavy atom. The van der Waals surface area contributed by atoms with Crippen molar-refractivity contribution in [3.05, 3.63) is 58.8 Å². The molecule has 0 atom stereocenters. The number of aromatic nitrogens is 2. The third-order valence-electron chi connectivity index (χ3n) is 5.67. The van der Waals surface area contributed by atoms with Gasteiger partial charge >= 0.3 is 18.1 Å². The van der Waals surface area contributed by atoms with Crippen LogP contribution in [0, 0.1) is 11.3 Å². The van der Waals surface area contributed by atoms with Crippen LogP contribution >= 0.6 is 0 Å². The molecule has 1 aliphatic rings. The van der Waals surface area contributed by atoms with Gasteiger partial charge in [0.2, 0.25) is 0 Å². The van der Waals surface area contributed by atoms with E-state index in [2.05, 4.69) is 5.10 Å². The summed E-state index contributed by atoms with van der Waals surface area (Å²) in [6.07, 6.45) is -4.10. The van der Waals surface area contributed by atoms with Crippen LogP contribution < -0.4 is 10.5 Å². The van der Waals surface area contributed by atoms with Gasteiger partial charge in [0.05, 0.1) is 17.3 Å². The Kier molecular flexibility index (Phi) is 6.32. The third kappa shape index (κ3) is 4.61. The van der Waals surface area contributed by atoms with Gasteiger partial charge in [0.1, 0.15) is 11.4 Å². The van der Waals surface area contributed by atoms with Crippen molar-refractivity contribution in [2.24, 2.45) is 5.73 Å². The fourth-order valence-corrected chi connectivity index (χ4v) is 4.13. The predicted octanol–water partition coefficient (Wildman–Crippen LogP) is 3.70. The lowest BCUT2D eigenvalue weighted by molar-refractivity contribution is -0.189. The number of nitrogens with zero attached hydrogens (tertiary/aromatic N) is 3. The van der Waals surface area contributed by atoms with Crippen LogP contribution in [-0.2, 0) is 24.2 Å². The maximum atomic E-state index is 13.0. The van der Waals surface area contributed by atoms with Crippen molar-refractivity contribution in [1.29, 1.82) is 5.26 Å². The molecule has 0 radical (unpaired) electrons. The first-order valence-electron chi connectivity index (χ1n) is 10.6. The minimum absolute atomic E-state index is 0.0414. The normalized spacial score (nSPS) is 12.4. The number of rotatable bonds is 6. The standard InChI is InChI=1S/C24H19F3N4O4/c25-24(26,27)23(34)35-19-10-15-5-6-16-20(30-31(8-2-7-28)21(16)22(32)33)18(15)11-17(19)14-4-1-3-13(9-14)12-29/h1,3-4,9-11H,2,5-8,28H2,(H,32,33). The number of esters is 1. The Balaban J connectivity index is 1.92. The lowest BCUT2D eigenvalue weighted by atomic mass is 9.86. The molecule has 0 amide bonds. The SMILES string of the molecule is N#Cc1cccc(-c2cc3c(cc2OC(=O)C(F)(F)F)CCc2c-3nn(CCCN)c2C(=O)O)c1. The summed E-state index contributed by atoms with van der Waals surface area (Å²) in [4.78, 5) is 23.6.